The van der Waals surface area contributed by atoms with Crippen molar-refractivity contribution in [3.8, 4) is 11.3 Å². The molecule has 4 rings (SSSR count). The second-order valence-electron chi connectivity index (χ2n) is 5.72. The fraction of sp³-hybridized carbons (Fsp3) is 0.333. The summed E-state index contributed by atoms with van der Waals surface area (Å²) in [6.45, 7) is 2.65. The molecule has 0 aliphatic carbocycles. The van der Waals surface area contributed by atoms with Crippen LogP contribution in [0.15, 0.2) is 24.8 Å². The number of fused-ring (bicyclic) bond motifs is 1. The lowest BCUT2D eigenvalue weighted by Gasteiger charge is -2.28. The van der Waals surface area contributed by atoms with Gasteiger partial charge in [0.15, 0.2) is 11.5 Å². The third-order valence-corrected chi connectivity index (χ3v) is 4.02. The predicted molar refractivity (Wildman–Crippen MR) is 90.6 cm³/mol. The molecule has 1 aliphatic heterocycles. The Hall–Kier alpha value is -2.82. The molecule has 0 radical (unpaired) electrons. The Labute approximate surface area is 143 Å². The molecule has 0 spiro atoms. The van der Waals surface area contributed by atoms with Crippen molar-refractivity contribution in [3.63, 3.8) is 0 Å². The summed E-state index contributed by atoms with van der Waals surface area (Å²) in [6.07, 6.45) is 5.57. The Bertz CT molecular complexity index is 886. The minimum atomic E-state index is -1.15. The standard InChI is InChI=1S/C15H18N8O2/c16-12(24)11-8-23-7-10(9-5-18-15(17)19-6-9)20-13(14(23)21-11)22-1-3-25-4-2-22/h5-8,12,24H,1-4,16H2,(H2,17,18,19). The first-order chi connectivity index (χ1) is 12.1. The molecule has 0 amide bonds. The van der Waals surface area contributed by atoms with Gasteiger partial charge in [-0.1, -0.05) is 0 Å². The number of nitrogens with two attached hydrogens (primary N) is 2. The summed E-state index contributed by atoms with van der Waals surface area (Å²) in [5.41, 5.74) is 13.5. The van der Waals surface area contributed by atoms with Gasteiger partial charge in [-0.2, -0.15) is 0 Å². The highest BCUT2D eigenvalue weighted by atomic mass is 16.5. The van der Waals surface area contributed by atoms with Crippen molar-refractivity contribution < 1.29 is 9.84 Å². The first-order valence-electron chi connectivity index (χ1n) is 7.86. The van der Waals surface area contributed by atoms with Gasteiger partial charge in [0, 0.05) is 43.4 Å². The van der Waals surface area contributed by atoms with Gasteiger partial charge in [0.2, 0.25) is 5.95 Å². The van der Waals surface area contributed by atoms with E-state index in [4.69, 9.17) is 21.2 Å². The number of imidazole rings is 1. The van der Waals surface area contributed by atoms with Crippen LogP contribution in [0.25, 0.3) is 16.9 Å². The van der Waals surface area contributed by atoms with Gasteiger partial charge in [-0.15, -0.1) is 0 Å². The quantitative estimate of drug-likeness (QED) is 0.540. The number of ether oxygens (including phenoxy) is 1. The summed E-state index contributed by atoms with van der Waals surface area (Å²) in [4.78, 5) is 19.3. The molecule has 4 heterocycles. The van der Waals surface area contributed by atoms with Crippen LogP contribution in [0.5, 0.6) is 0 Å². The first kappa shape index (κ1) is 15.7. The topological polar surface area (TPSA) is 141 Å². The number of hydrogen-bond acceptors (Lipinski definition) is 9. The van der Waals surface area contributed by atoms with E-state index in [1.165, 1.54) is 0 Å². The van der Waals surface area contributed by atoms with E-state index in [1.807, 2.05) is 0 Å². The van der Waals surface area contributed by atoms with Gasteiger partial charge in [-0.05, 0) is 0 Å². The van der Waals surface area contributed by atoms with Gasteiger partial charge in [0.05, 0.1) is 18.9 Å². The van der Waals surface area contributed by atoms with Crippen LogP contribution in [0.2, 0.25) is 0 Å². The molecule has 0 saturated carbocycles. The van der Waals surface area contributed by atoms with Gasteiger partial charge in [-0.3, -0.25) is 0 Å². The fourth-order valence-corrected chi connectivity index (χ4v) is 2.74. The van der Waals surface area contributed by atoms with Gasteiger partial charge in [-0.25, -0.2) is 19.9 Å². The van der Waals surface area contributed by atoms with Crippen molar-refractivity contribution in [3.05, 3.63) is 30.5 Å². The monoisotopic (exact) mass is 342 g/mol. The highest BCUT2D eigenvalue weighted by Crippen LogP contribution is 2.26. The summed E-state index contributed by atoms with van der Waals surface area (Å²) in [6, 6.07) is 0. The van der Waals surface area contributed by atoms with Crippen LogP contribution in [0.1, 0.15) is 11.9 Å². The largest absolute Gasteiger partial charge is 0.378 e. The van der Waals surface area contributed by atoms with Gasteiger partial charge in [0.1, 0.15) is 11.9 Å². The maximum absolute atomic E-state index is 9.66. The van der Waals surface area contributed by atoms with Gasteiger partial charge >= 0.3 is 0 Å². The number of anilines is 2. The second-order valence-corrected chi connectivity index (χ2v) is 5.72. The Morgan fingerprint density at radius 3 is 2.52 bits per heavy atom. The SMILES string of the molecule is Nc1ncc(-c2cn3cc(C(N)O)nc3c(N3CCOCC3)n2)cn1. The number of nitrogen functional groups attached to an aromatic ring is 1. The van der Waals surface area contributed by atoms with E-state index < -0.39 is 6.23 Å². The predicted octanol–water partition coefficient (Wildman–Crippen LogP) is -0.445. The zero-order valence-corrected chi connectivity index (χ0v) is 13.4. The van der Waals surface area contributed by atoms with Crippen LogP contribution in [0.4, 0.5) is 11.8 Å². The van der Waals surface area contributed by atoms with Crippen LogP contribution in [-0.4, -0.2) is 55.7 Å². The van der Waals surface area contributed by atoms with E-state index in [9.17, 15) is 5.11 Å². The minimum absolute atomic E-state index is 0.203. The molecule has 130 valence electrons. The van der Waals surface area contributed by atoms with Crippen molar-refractivity contribution in [1.82, 2.24) is 24.3 Å². The third kappa shape index (κ3) is 2.97. The summed E-state index contributed by atoms with van der Waals surface area (Å²) in [5.74, 6) is 0.902. The molecule has 3 aromatic rings. The lowest BCUT2D eigenvalue weighted by Crippen LogP contribution is -2.37. The number of hydrogen-bond donors (Lipinski definition) is 3. The average Bonchev–Trinajstić information content (AvgIpc) is 3.07. The van der Waals surface area contributed by atoms with Crippen LogP contribution < -0.4 is 16.4 Å². The lowest BCUT2D eigenvalue weighted by atomic mass is 10.2. The molecule has 1 fully saturated rings. The lowest BCUT2D eigenvalue weighted by molar-refractivity contribution is 0.122. The van der Waals surface area contributed by atoms with Crippen LogP contribution in [0.3, 0.4) is 0 Å². The van der Waals surface area contributed by atoms with E-state index in [0.29, 0.717) is 49.2 Å². The average molecular weight is 342 g/mol. The molecule has 10 nitrogen and oxygen atoms in total. The Morgan fingerprint density at radius 2 is 1.84 bits per heavy atom. The molecule has 1 atom stereocenters. The van der Waals surface area contributed by atoms with Crippen LogP contribution in [0, 0.1) is 0 Å². The van der Waals surface area contributed by atoms with Gasteiger partial charge < -0.3 is 30.6 Å². The maximum atomic E-state index is 9.66. The van der Waals surface area contributed by atoms with E-state index >= 15 is 0 Å². The van der Waals surface area contributed by atoms with E-state index in [-0.39, 0.29) is 5.95 Å². The molecular formula is C15H18N8O2. The molecule has 3 aromatic heterocycles. The Kier molecular flexibility index (Phi) is 3.92. The third-order valence-electron chi connectivity index (χ3n) is 4.02. The van der Waals surface area contributed by atoms with Crippen LogP contribution >= 0.6 is 0 Å². The number of rotatable bonds is 3. The zero-order chi connectivity index (χ0) is 17.4. The number of aliphatic hydroxyl groups is 1. The number of nitrogens with zero attached hydrogens (tertiary/aromatic N) is 6. The number of aliphatic hydroxyl groups excluding tert-OH is 1. The molecule has 0 bridgehead atoms. The minimum Gasteiger partial charge on any atom is -0.378 e. The van der Waals surface area contributed by atoms with Crippen molar-refractivity contribution in [2.75, 3.05) is 36.9 Å². The molecule has 25 heavy (non-hydrogen) atoms. The van der Waals surface area contributed by atoms with Crippen molar-refractivity contribution in [2.45, 2.75) is 6.23 Å². The summed E-state index contributed by atoms with van der Waals surface area (Å²) in [7, 11) is 0. The highest BCUT2D eigenvalue weighted by molar-refractivity contribution is 5.70. The summed E-state index contributed by atoms with van der Waals surface area (Å²) < 4.78 is 7.21. The number of morpholine rings is 1. The fourth-order valence-electron chi connectivity index (χ4n) is 2.74. The molecule has 5 N–H and O–H groups in total. The molecule has 1 aliphatic rings. The van der Waals surface area contributed by atoms with E-state index in [2.05, 4.69) is 19.9 Å². The van der Waals surface area contributed by atoms with E-state index in [1.54, 1.807) is 29.2 Å². The summed E-state index contributed by atoms with van der Waals surface area (Å²) in [5, 5.41) is 9.66. The Balaban J connectivity index is 1.87. The zero-order valence-electron chi connectivity index (χ0n) is 13.4. The summed E-state index contributed by atoms with van der Waals surface area (Å²) >= 11 is 0. The maximum Gasteiger partial charge on any atom is 0.219 e. The van der Waals surface area contributed by atoms with Crippen molar-refractivity contribution in [1.29, 1.82) is 0 Å². The normalized spacial score (nSPS) is 16.3. The molecule has 1 unspecified atom stereocenters. The molecule has 1 saturated heterocycles. The molecule has 0 aromatic carbocycles. The first-order valence-corrected chi connectivity index (χ1v) is 7.86. The molecule has 10 heteroatoms. The van der Waals surface area contributed by atoms with Crippen molar-refractivity contribution >= 4 is 17.4 Å². The van der Waals surface area contributed by atoms with Crippen molar-refractivity contribution in [2.24, 2.45) is 5.73 Å². The second kappa shape index (κ2) is 6.24. The van der Waals surface area contributed by atoms with Gasteiger partial charge in [0.25, 0.3) is 0 Å². The smallest absolute Gasteiger partial charge is 0.219 e. The van der Waals surface area contributed by atoms with Crippen LogP contribution in [-0.2, 0) is 4.74 Å². The highest BCUT2D eigenvalue weighted by Gasteiger charge is 2.20. The number of aromatic nitrogens is 5. The van der Waals surface area contributed by atoms with E-state index in [0.717, 1.165) is 5.56 Å². The Morgan fingerprint density at radius 1 is 1.12 bits per heavy atom. The molecular weight excluding hydrogens is 324 g/mol.